The number of rotatable bonds is 4. The molecule has 1 unspecified atom stereocenters. The topological polar surface area (TPSA) is 135 Å². The number of aliphatic hydroxyl groups excluding tert-OH is 2. The third-order valence-corrected chi connectivity index (χ3v) is 11.3. The van der Waals surface area contributed by atoms with Crippen molar-refractivity contribution in [2.45, 2.75) is 69.7 Å². The fourth-order valence-corrected chi connectivity index (χ4v) is 9.62. The van der Waals surface area contributed by atoms with Crippen molar-refractivity contribution < 1.29 is 43.2 Å². The fraction of sp³-hybridized carbons (Fsp3) is 0.783. The summed E-state index contributed by atoms with van der Waals surface area (Å²) in [5.74, 6) is -2.41. The predicted octanol–water partition coefficient (Wildman–Crippen LogP) is 2.51. The molecule has 3 saturated carbocycles. The summed E-state index contributed by atoms with van der Waals surface area (Å²) in [6.07, 6.45) is -0.818. The number of fused-ring (bicyclic) bond motifs is 5. The molecular formula is C23H33F2O7PS. The molecule has 4 aliphatic carbocycles. The molecule has 0 radical (unpaired) electrons. The maximum Gasteiger partial charge on any atom is 0.326 e. The number of carbonyl (C=O) groups is 1. The van der Waals surface area contributed by atoms with Crippen LogP contribution in [0.25, 0.3) is 0 Å². The van der Waals surface area contributed by atoms with Crippen LogP contribution in [0.1, 0.15) is 40.0 Å². The number of hydrogen-bond donors (Lipinski definition) is 5. The molecule has 4 aliphatic rings. The van der Waals surface area contributed by atoms with Crippen LogP contribution in [-0.2, 0) is 9.36 Å². The van der Waals surface area contributed by atoms with Crippen molar-refractivity contribution in [1.82, 2.24) is 0 Å². The molecule has 192 valence electrons. The number of halogens is 2. The highest BCUT2D eigenvalue weighted by Crippen LogP contribution is 2.71. The minimum atomic E-state index is -4.32. The van der Waals surface area contributed by atoms with Crippen molar-refractivity contribution in [3.63, 3.8) is 0 Å². The van der Waals surface area contributed by atoms with Crippen molar-refractivity contribution in [2.75, 3.05) is 11.9 Å². The first-order valence-corrected chi connectivity index (χ1v) is 14.4. The number of allylic oxidation sites excluding steroid dienone is 2. The van der Waals surface area contributed by atoms with Crippen molar-refractivity contribution in [3.8, 4) is 0 Å². The van der Waals surface area contributed by atoms with Gasteiger partial charge in [0.15, 0.2) is 5.67 Å². The van der Waals surface area contributed by atoms with Crippen LogP contribution in [0.15, 0.2) is 23.8 Å². The van der Waals surface area contributed by atoms with Gasteiger partial charge in [0.05, 0.1) is 18.4 Å². The van der Waals surface area contributed by atoms with Gasteiger partial charge in [-0.05, 0) is 49.7 Å². The predicted molar refractivity (Wildman–Crippen MR) is 124 cm³/mol. The van der Waals surface area contributed by atoms with Gasteiger partial charge in [0.2, 0.25) is 5.12 Å². The standard InChI is InChI=1S/C23H33F2O7PS/c1-12-8-14-15-10-17(24)16-9-13(26)4-5-20(16,2)22(15,25)18(27)11-21(14,3)23(12,29)19(28)34-7-6-33(30,31)32/h4-5,9,12-15,17-18,26-27,29H,6-8,10-11H2,1-3H3,(H2,30,31,32)/t12-,13?,14+,15+,17+,18+,20+,21+,22+,23+/m1/s1. The Bertz CT molecular complexity index is 986. The van der Waals surface area contributed by atoms with Crippen molar-refractivity contribution >= 4 is 24.5 Å². The van der Waals surface area contributed by atoms with Crippen LogP contribution in [0.2, 0.25) is 0 Å². The van der Waals surface area contributed by atoms with E-state index in [-0.39, 0.29) is 30.6 Å². The minimum absolute atomic E-state index is 0.106. The highest BCUT2D eigenvalue weighted by atomic mass is 32.2. The Morgan fingerprint density at radius 2 is 1.88 bits per heavy atom. The molecule has 0 aromatic rings. The Morgan fingerprint density at radius 3 is 2.50 bits per heavy atom. The van der Waals surface area contributed by atoms with E-state index in [0.29, 0.717) is 11.8 Å². The number of thioether (sulfide) groups is 1. The third kappa shape index (κ3) is 3.47. The highest BCUT2D eigenvalue weighted by molar-refractivity contribution is 8.14. The van der Waals surface area contributed by atoms with Crippen LogP contribution in [0.5, 0.6) is 0 Å². The molecule has 4 rings (SSSR count). The van der Waals surface area contributed by atoms with Crippen LogP contribution in [-0.4, -0.2) is 71.8 Å². The van der Waals surface area contributed by atoms with E-state index in [1.54, 1.807) is 13.8 Å². The second-order valence-electron chi connectivity index (χ2n) is 10.9. The summed E-state index contributed by atoms with van der Waals surface area (Å²) in [5, 5.41) is 32.3. The highest BCUT2D eigenvalue weighted by Gasteiger charge is 2.76. The van der Waals surface area contributed by atoms with Gasteiger partial charge in [-0.15, -0.1) is 0 Å². The van der Waals surface area contributed by atoms with E-state index in [4.69, 9.17) is 9.79 Å². The second kappa shape index (κ2) is 8.20. The van der Waals surface area contributed by atoms with Gasteiger partial charge < -0.3 is 25.1 Å². The summed E-state index contributed by atoms with van der Waals surface area (Å²) in [6, 6.07) is 0. The van der Waals surface area contributed by atoms with Gasteiger partial charge in [0, 0.05) is 22.5 Å². The quantitative estimate of drug-likeness (QED) is 0.281. The van der Waals surface area contributed by atoms with E-state index in [0.717, 1.165) is 0 Å². The fourth-order valence-electron chi connectivity index (χ4n) is 7.46. The summed E-state index contributed by atoms with van der Waals surface area (Å²) in [6.45, 7) is 4.82. The normalized spacial score (nSPS) is 50.2. The zero-order chi connectivity index (χ0) is 25.5. The lowest BCUT2D eigenvalue weighted by atomic mass is 9.44. The molecular weight excluding hydrogens is 489 g/mol. The van der Waals surface area contributed by atoms with Crippen LogP contribution in [0.4, 0.5) is 8.78 Å². The molecule has 10 atom stereocenters. The Labute approximate surface area is 201 Å². The Morgan fingerprint density at radius 1 is 1.24 bits per heavy atom. The molecule has 0 aromatic heterocycles. The maximum atomic E-state index is 17.1. The van der Waals surface area contributed by atoms with Crippen LogP contribution >= 0.6 is 19.4 Å². The molecule has 5 N–H and O–H groups in total. The third-order valence-electron chi connectivity index (χ3n) is 9.24. The zero-order valence-electron chi connectivity index (χ0n) is 19.4. The van der Waals surface area contributed by atoms with E-state index in [2.05, 4.69) is 0 Å². The van der Waals surface area contributed by atoms with Crippen LogP contribution < -0.4 is 0 Å². The lowest BCUT2D eigenvalue weighted by Crippen LogP contribution is -2.70. The van der Waals surface area contributed by atoms with E-state index >= 15 is 8.78 Å². The number of carbonyl (C=O) groups excluding carboxylic acids is 1. The van der Waals surface area contributed by atoms with Gasteiger partial charge in [0.25, 0.3) is 0 Å². The molecule has 7 nitrogen and oxygen atoms in total. The van der Waals surface area contributed by atoms with E-state index in [1.807, 2.05) is 0 Å². The molecule has 3 fully saturated rings. The average molecular weight is 523 g/mol. The van der Waals surface area contributed by atoms with Gasteiger partial charge in [-0.3, -0.25) is 9.36 Å². The molecule has 34 heavy (non-hydrogen) atoms. The summed E-state index contributed by atoms with van der Waals surface area (Å²) in [4.78, 5) is 31.4. The van der Waals surface area contributed by atoms with Gasteiger partial charge >= 0.3 is 7.60 Å². The van der Waals surface area contributed by atoms with E-state index < -0.39 is 77.1 Å². The lowest BCUT2D eigenvalue weighted by molar-refractivity contribution is -0.221. The smallest absolute Gasteiger partial charge is 0.326 e. The Balaban J connectivity index is 1.71. The van der Waals surface area contributed by atoms with Gasteiger partial charge in [0.1, 0.15) is 11.8 Å². The van der Waals surface area contributed by atoms with Crippen LogP contribution in [0, 0.1) is 28.6 Å². The minimum Gasteiger partial charge on any atom is -0.390 e. The monoisotopic (exact) mass is 522 g/mol. The van der Waals surface area contributed by atoms with Gasteiger partial charge in [-0.25, -0.2) is 8.78 Å². The molecule has 0 spiro atoms. The summed E-state index contributed by atoms with van der Waals surface area (Å²) in [7, 11) is -4.32. The van der Waals surface area contributed by atoms with Gasteiger partial charge in [-0.1, -0.05) is 37.8 Å². The molecule has 0 heterocycles. The Hall–Kier alpha value is -0.610. The summed E-state index contributed by atoms with van der Waals surface area (Å²) in [5.41, 5.74) is -6.87. The van der Waals surface area contributed by atoms with Gasteiger partial charge in [-0.2, -0.15) is 0 Å². The largest absolute Gasteiger partial charge is 0.390 e. The lowest BCUT2D eigenvalue weighted by Gasteiger charge is -2.63. The Kier molecular flexibility index (Phi) is 6.38. The first kappa shape index (κ1) is 26.5. The number of alkyl halides is 2. The van der Waals surface area contributed by atoms with Crippen molar-refractivity contribution in [2.24, 2.45) is 28.6 Å². The molecule has 0 bridgehead atoms. The molecule has 11 heteroatoms. The van der Waals surface area contributed by atoms with Crippen molar-refractivity contribution in [1.29, 1.82) is 0 Å². The number of hydrogen-bond acceptors (Lipinski definition) is 6. The summed E-state index contributed by atoms with van der Waals surface area (Å²) >= 11 is 0.627. The SMILES string of the molecule is C[C@@H]1C[C@H]2[C@@H]3C[C@H](F)C4=CC(O)C=C[C@]4(C)[C@@]3(F)[C@@H](O)C[C@]2(C)[C@@]1(O)C(=O)SCCP(=O)(O)O. The molecule has 0 saturated heterocycles. The van der Waals surface area contributed by atoms with Crippen molar-refractivity contribution in [3.05, 3.63) is 23.8 Å². The molecule has 0 amide bonds. The maximum absolute atomic E-state index is 17.1. The van der Waals surface area contributed by atoms with Crippen LogP contribution in [0.3, 0.4) is 0 Å². The number of aliphatic hydroxyl groups is 3. The summed E-state index contributed by atoms with van der Waals surface area (Å²) < 4.78 is 43.7. The van der Waals surface area contributed by atoms with E-state index in [1.165, 1.54) is 25.2 Å². The zero-order valence-corrected chi connectivity index (χ0v) is 21.1. The first-order valence-electron chi connectivity index (χ1n) is 11.6. The first-order chi connectivity index (χ1) is 15.5. The second-order valence-corrected chi connectivity index (χ2v) is 13.8. The molecule has 0 aliphatic heterocycles. The average Bonchev–Trinajstić information content (AvgIpc) is 2.92. The molecule has 0 aromatic carbocycles. The van der Waals surface area contributed by atoms with E-state index in [9.17, 15) is 24.7 Å².